The molecular formula is C17H12F3N3O3. The Morgan fingerprint density at radius 2 is 1.88 bits per heavy atom. The highest BCUT2D eigenvalue weighted by Crippen LogP contribution is 2.27. The number of aromatic carboxylic acids is 1. The van der Waals surface area contributed by atoms with E-state index in [1.54, 1.807) is 36.4 Å². The van der Waals surface area contributed by atoms with E-state index in [9.17, 15) is 18.0 Å². The highest BCUT2D eigenvalue weighted by atomic mass is 19.3. The summed E-state index contributed by atoms with van der Waals surface area (Å²) in [5.41, 5.74) is 2.01. The van der Waals surface area contributed by atoms with Gasteiger partial charge in [0, 0.05) is 0 Å². The molecule has 3 aromatic rings. The number of aromatic nitrogens is 3. The lowest BCUT2D eigenvalue weighted by molar-refractivity contribution is -0.186. The molecule has 2 aromatic carbocycles. The van der Waals surface area contributed by atoms with Crippen LogP contribution in [-0.4, -0.2) is 38.6 Å². The summed E-state index contributed by atoms with van der Waals surface area (Å²) in [5, 5.41) is 12.7. The topological polar surface area (TPSA) is 77.2 Å². The Labute approximate surface area is 145 Å². The number of alkyl halides is 3. The van der Waals surface area contributed by atoms with E-state index >= 15 is 0 Å². The maximum Gasteiger partial charge on any atom is 0.427 e. The van der Waals surface area contributed by atoms with Gasteiger partial charge in [-0.2, -0.15) is 8.78 Å². The minimum absolute atomic E-state index is 0.157. The summed E-state index contributed by atoms with van der Waals surface area (Å²) in [6.07, 6.45) is -2.59. The van der Waals surface area contributed by atoms with Crippen molar-refractivity contribution in [1.29, 1.82) is 0 Å². The van der Waals surface area contributed by atoms with Gasteiger partial charge in [-0.05, 0) is 35.4 Å². The number of nitrogens with zero attached hydrogens (tertiary/aromatic N) is 3. The average Bonchev–Trinajstić information content (AvgIpc) is 3.13. The number of rotatable bonds is 6. The van der Waals surface area contributed by atoms with Gasteiger partial charge >= 0.3 is 12.1 Å². The number of hydrogen-bond donors (Lipinski definition) is 1. The molecule has 0 aliphatic carbocycles. The van der Waals surface area contributed by atoms with Crippen molar-refractivity contribution in [1.82, 2.24) is 14.8 Å². The lowest BCUT2D eigenvalue weighted by Crippen LogP contribution is -2.26. The molecule has 0 fully saturated rings. The molecule has 26 heavy (non-hydrogen) atoms. The Kier molecular flexibility index (Phi) is 4.61. The average molecular weight is 363 g/mol. The predicted molar refractivity (Wildman–Crippen MR) is 85.3 cm³/mol. The van der Waals surface area contributed by atoms with Crippen molar-refractivity contribution in [2.24, 2.45) is 0 Å². The zero-order valence-corrected chi connectivity index (χ0v) is 13.1. The summed E-state index contributed by atoms with van der Waals surface area (Å²) in [7, 11) is 0. The highest BCUT2D eigenvalue weighted by Gasteiger charge is 2.31. The molecule has 0 spiro atoms. The smallest absolute Gasteiger partial charge is 0.427 e. The first-order valence-corrected chi connectivity index (χ1v) is 7.36. The van der Waals surface area contributed by atoms with E-state index in [0.29, 0.717) is 11.3 Å². The summed E-state index contributed by atoms with van der Waals surface area (Å²) in [5.74, 6) is -1.72. The molecule has 9 heteroatoms. The molecule has 1 aromatic heterocycles. The molecule has 1 heterocycles. The molecule has 3 rings (SSSR count). The van der Waals surface area contributed by atoms with Gasteiger partial charge in [0.2, 0.25) is 0 Å². The van der Waals surface area contributed by atoms with Crippen LogP contribution in [0.2, 0.25) is 0 Å². The molecule has 0 radical (unpaired) electrons. The van der Waals surface area contributed by atoms with Crippen LogP contribution in [0, 0.1) is 0 Å². The zero-order valence-electron chi connectivity index (χ0n) is 13.1. The highest BCUT2D eigenvalue weighted by molar-refractivity contribution is 5.82. The molecule has 0 saturated heterocycles. The minimum Gasteiger partial charge on any atom is -0.475 e. The van der Waals surface area contributed by atoms with Gasteiger partial charge in [-0.15, -0.1) is 5.10 Å². The van der Waals surface area contributed by atoms with Gasteiger partial charge in [-0.3, -0.25) is 0 Å². The third-order valence-electron chi connectivity index (χ3n) is 3.40. The molecule has 0 amide bonds. The normalized spacial score (nSPS) is 11.3. The Hall–Kier alpha value is -3.36. The number of benzene rings is 2. The fraction of sp³-hybridized carbons (Fsp3) is 0.118. The molecular weight excluding hydrogens is 351 g/mol. The van der Waals surface area contributed by atoms with E-state index in [1.165, 1.54) is 23.1 Å². The Bertz CT molecular complexity index is 926. The third kappa shape index (κ3) is 3.82. The summed E-state index contributed by atoms with van der Waals surface area (Å²) < 4.78 is 43.5. The summed E-state index contributed by atoms with van der Waals surface area (Å²) in [6, 6.07) is 12.7. The standard InChI is InChI=1S/C17H12F3N3O3/c18-9-17(19,20)26-14-6-4-11(5-7-14)12-2-1-3-13(8-12)23-10-21-15(22-23)16(24)25/h1-8,10H,9H2,(H,24,25). The van der Waals surface area contributed by atoms with Gasteiger partial charge in [0.15, 0.2) is 6.67 Å². The largest absolute Gasteiger partial charge is 0.475 e. The fourth-order valence-corrected chi connectivity index (χ4v) is 2.23. The Morgan fingerprint density at radius 3 is 2.50 bits per heavy atom. The first-order valence-electron chi connectivity index (χ1n) is 7.36. The first kappa shape index (κ1) is 17.5. The van der Waals surface area contributed by atoms with Crippen LogP contribution in [0.4, 0.5) is 13.2 Å². The molecule has 134 valence electrons. The molecule has 0 unspecified atom stereocenters. The van der Waals surface area contributed by atoms with Crippen LogP contribution in [0.5, 0.6) is 5.75 Å². The van der Waals surface area contributed by atoms with Crippen LogP contribution in [0.25, 0.3) is 16.8 Å². The molecule has 6 nitrogen and oxygen atoms in total. The van der Waals surface area contributed by atoms with E-state index in [2.05, 4.69) is 14.8 Å². The molecule has 0 saturated carbocycles. The van der Waals surface area contributed by atoms with Gasteiger partial charge in [0.1, 0.15) is 12.1 Å². The van der Waals surface area contributed by atoms with E-state index in [-0.39, 0.29) is 11.6 Å². The second-order valence-electron chi connectivity index (χ2n) is 5.27. The maximum atomic E-state index is 12.9. The summed E-state index contributed by atoms with van der Waals surface area (Å²) >= 11 is 0. The van der Waals surface area contributed by atoms with E-state index < -0.39 is 18.8 Å². The third-order valence-corrected chi connectivity index (χ3v) is 3.40. The number of carboxylic acid groups (broad SMARTS) is 1. The quantitative estimate of drug-likeness (QED) is 0.724. The lowest BCUT2D eigenvalue weighted by atomic mass is 10.1. The van der Waals surface area contributed by atoms with Crippen LogP contribution in [0.3, 0.4) is 0 Å². The molecule has 0 aliphatic rings. The lowest BCUT2D eigenvalue weighted by Gasteiger charge is -2.14. The van der Waals surface area contributed by atoms with Crippen LogP contribution < -0.4 is 4.74 Å². The van der Waals surface area contributed by atoms with Crippen molar-refractivity contribution in [2.45, 2.75) is 6.11 Å². The molecule has 1 N–H and O–H groups in total. The second-order valence-corrected chi connectivity index (χ2v) is 5.27. The Balaban J connectivity index is 1.84. The molecule has 0 aliphatic heterocycles. The summed E-state index contributed by atoms with van der Waals surface area (Å²) in [6.45, 7) is -1.91. The zero-order chi connectivity index (χ0) is 18.7. The van der Waals surface area contributed by atoms with Crippen LogP contribution in [-0.2, 0) is 0 Å². The predicted octanol–water partition coefficient (Wildman–Crippen LogP) is 3.57. The van der Waals surface area contributed by atoms with Crippen molar-refractivity contribution in [3.05, 3.63) is 60.7 Å². The molecule has 0 bridgehead atoms. The second kappa shape index (κ2) is 6.87. The van der Waals surface area contributed by atoms with Crippen LogP contribution in [0.15, 0.2) is 54.9 Å². The SMILES string of the molecule is O=C(O)c1ncn(-c2cccc(-c3ccc(OC(F)(F)CF)cc3)c2)n1. The van der Waals surface area contributed by atoms with Crippen molar-refractivity contribution < 1.29 is 27.8 Å². The number of carboxylic acids is 1. The number of halogens is 3. The Morgan fingerprint density at radius 1 is 1.15 bits per heavy atom. The van der Waals surface area contributed by atoms with Gasteiger partial charge in [-0.1, -0.05) is 24.3 Å². The van der Waals surface area contributed by atoms with Gasteiger partial charge in [0.05, 0.1) is 5.69 Å². The number of hydrogen-bond acceptors (Lipinski definition) is 4. The van der Waals surface area contributed by atoms with E-state index in [4.69, 9.17) is 5.11 Å². The van der Waals surface area contributed by atoms with Crippen molar-refractivity contribution in [3.63, 3.8) is 0 Å². The fourth-order valence-electron chi connectivity index (χ4n) is 2.23. The summed E-state index contributed by atoms with van der Waals surface area (Å²) in [4.78, 5) is 14.5. The van der Waals surface area contributed by atoms with Gasteiger partial charge < -0.3 is 9.84 Å². The first-order chi connectivity index (χ1) is 12.4. The van der Waals surface area contributed by atoms with Crippen LogP contribution in [0.1, 0.15) is 10.6 Å². The maximum absolute atomic E-state index is 12.9. The van der Waals surface area contributed by atoms with E-state index in [1.807, 2.05) is 0 Å². The van der Waals surface area contributed by atoms with Crippen molar-refractivity contribution in [3.8, 4) is 22.6 Å². The van der Waals surface area contributed by atoms with Gasteiger partial charge in [-0.25, -0.2) is 18.9 Å². The van der Waals surface area contributed by atoms with Gasteiger partial charge in [0.25, 0.3) is 5.82 Å². The number of ether oxygens (including phenoxy) is 1. The van der Waals surface area contributed by atoms with Crippen molar-refractivity contribution >= 4 is 5.97 Å². The van der Waals surface area contributed by atoms with Crippen LogP contribution >= 0.6 is 0 Å². The monoisotopic (exact) mass is 363 g/mol. The minimum atomic E-state index is -3.86. The van der Waals surface area contributed by atoms with Crippen molar-refractivity contribution in [2.75, 3.05) is 6.67 Å². The number of carbonyl (C=O) groups is 1. The molecule has 0 atom stereocenters. The van der Waals surface area contributed by atoms with E-state index in [0.717, 1.165) is 5.56 Å².